The number of aromatic nitrogens is 2. The average Bonchev–Trinajstić information content (AvgIpc) is 2.40. The quantitative estimate of drug-likeness (QED) is 0.869. The summed E-state index contributed by atoms with van der Waals surface area (Å²) in [5.74, 6) is 1.63. The normalized spacial score (nSPS) is 10.5. The molecule has 0 bridgehead atoms. The second kappa shape index (κ2) is 5.93. The van der Waals surface area contributed by atoms with E-state index in [4.69, 9.17) is 10.5 Å². The lowest BCUT2D eigenvalue weighted by molar-refractivity contribution is 0.407. The van der Waals surface area contributed by atoms with Gasteiger partial charge in [-0.3, -0.25) is 4.98 Å². The van der Waals surface area contributed by atoms with Gasteiger partial charge in [0.05, 0.1) is 18.5 Å². The van der Waals surface area contributed by atoms with Gasteiger partial charge in [0.15, 0.2) is 0 Å². The minimum absolute atomic E-state index is 0.698. The van der Waals surface area contributed by atoms with E-state index in [-0.39, 0.29) is 0 Å². The lowest BCUT2D eigenvalue weighted by atomic mass is 10.1. The molecule has 2 heterocycles. The zero-order chi connectivity index (χ0) is 13.8. The fourth-order valence-electron chi connectivity index (χ4n) is 1.88. The van der Waals surface area contributed by atoms with Gasteiger partial charge in [-0.1, -0.05) is 11.8 Å². The fraction of sp³-hybridized carbons (Fsp3) is 0.286. The molecular weight excluding hydrogens is 258 g/mol. The number of rotatable bonds is 4. The highest BCUT2D eigenvalue weighted by Crippen LogP contribution is 2.30. The summed E-state index contributed by atoms with van der Waals surface area (Å²) >= 11 is 1.59. The van der Waals surface area contributed by atoms with Crippen molar-refractivity contribution in [2.45, 2.75) is 24.6 Å². The molecule has 0 unspecified atom stereocenters. The molecule has 2 N–H and O–H groups in total. The number of hydrogen-bond donors (Lipinski definition) is 1. The molecule has 5 heteroatoms. The number of nitrogens with zero attached hydrogens (tertiary/aromatic N) is 2. The van der Waals surface area contributed by atoms with Gasteiger partial charge in [0.1, 0.15) is 10.8 Å². The zero-order valence-electron chi connectivity index (χ0n) is 11.3. The Morgan fingerprint density at radius 1 is 1.32 bits per heavy atom. The van der Waals surface area contributed by atoms with Crippen LogP contribution in [0.4, 0.5) is 5.69 Å². The van der Waals surface area contributed by atoms with Crippen LogP contribution in [0.3, 0.4) is 0 Å². The summed E-state index contributed by atoms with van der Waals surface area (Å²) in [6.07, 6.45) is 3.58. The van der Waals surface area contributed by atoms with Crippen molar-refractivity contribution in [1.29, 1.82) is 0 Å². The van der Waals surface area contributed by atoms with Crippen LogP contribution in [0.5, 0.6) is 5.75 Å². The van der Waals surface area contributed by atoms with E-state index in [0.717, 1.165) is 33.3 Å². The predicted molar refractivity (Wildman–Crippen MR) is 78.5 cm³/mol. The smallest absolute Gasteiger partial charge is 0.128 e. The van der Waals surface area contributed by atoms with Gasteiger partial charge in [-0.2, -0.15) is 0 Å². The van der Waals surface area contributed by atoms with Crippen LogP contribution in [-0.4, -0.2) is 17.1 Å². The van der Waals surface area contributed by atoms with E-state index in [0.29, 0.717) is 5.69 Å². The second-order valence-corrected chi connectivity index (χ2v) is 5.20. The van der Waals surface area contributed by atoms with E-state index < -0.39 is 0 Å². The molecule has 0 saturated heterocycles. The Balaban J connectivity index is 2.19. The van der Waals surface area contributed by atoms with E-state index in [9.17, 15) is 0 Å². The third kappa shape index (κ3) is 2.98. The molecule has 19 heavy (non-hydrogen) atoms. The van der Waals surface area contributed by atoms with E-state index in [1.54, 1.807) is 25.1 Å². The minimum Gasteiger partial charge on any atom is -0.496 e. The number of hydrogen-bond acceptors (Lipinski definition) is 5. The molecule has 2 aromatic heterocycles. The van der Waals surface area contributed by atoms with Crippen molar-refractivity contribution >= 4 is 17.4 Å². The molecule has 0 fully saturated rings. The SMILES string of the molecule is COc1c(C)cnc(CSc2ncccc2N)c1C. The zero-order valence-corrected chi connectivity index (χ0v) is 12.1. The van der Waals surface area contributed by atoms with Crippen molar-refractivity contribution in [3.05, 3.63) is 41.3 Å². The van der Waals surface area contributed by atoms with Crippen LogP contribution in [0.25, 0.3) is 0 Å². The average molecular weight is 275 g/mol. The maximum Gasteiger partial charge on any atom is 0.128 e. The number of thioether (sulfide) groups is 1. The van der Waals surface area contributed by atoms with Gasteiger partial charge in [0, 0.05) is 29.3 Å². The predicted octanol–water partition coefficient (Wildman–Crippen LogP) is 2.98. The fourth-order valence-corrected chi connectivity index (χ4v) is 2.81. The lowest BCUT2D eigenvalue weighted by Gasteiger charge is -2.12. The minimum atomic E-state index is 0.698. The van der Waals surface area contributed by atoms with E-state index in [1.165, 1.54) is 0 Å². The number of ether oxygens (including phenoxy) is 1. The molecular formula is C14H17N3OS. The number of aryl methyl sites for hydroxylation is 1. The molecule has 4 nitrogen and oxygen atoms in total. The first-order valence-corrected chi connectivity index (χ1v) is 6.94. The lowest BCUT2D eigenvalue weighted by Crippen LogP contribution is -1.99. The van der Waals surface area contributed by atoms with Crippen LogP contribution < -0.4 is 10.5 Å². The number of methoxy groups -OCH3 is 1. The van der Waals surface area contributed by atoms with Crippen molar-refractivity contribution < 1.29 is 4.74 Å². The van der Waals surface area contributed by atoms with E-state index >= 15 is 0 Å². The van der Waals surface area contributed by atoms with Crippen LogP contribution in [0.15, 0.2) is 29.6 Å². The van der Waals surface area contributed by atoms with Gasteiger partial charge >= 0.3 is 0 Å². The first kappa shape index (κ1) is 13.7. The maximum atomic E-state index is 5.87. The number of nitrogens with two attached hydrogens (primary N) is 1. The standard InChI is InChI=1S/C14H17N3OS/c1-9-7-17-12(10(2)13(9)18-3)8-19-14-11(15)5-4-6-16-14/h4-7H,8,15H2,1-3H3. The summed E-state index contributed by atoms with van der Waals surface area (Å²) in [5, 5.41) is 0.836. The molecule has 0 aromatic carbocycles. The Kier molecular flexibility index (Phi) is 4.27. The summed E-state index contributed by atoms with van der Waals surface area (Å²) in [7, 11) is 1.68. The Bertz CT molecular complexity index is 587. The molecule has 0 saturated carbocycles. The molecule has 0 atom stereocenters. The summed E-state index contributed by atoms with van der Waals surface area (Å²) in [6, 6.07) is 3.68. The van der Waals surface area contributed by atoms with Gasteiger partial charge in [0.2, 0.25) is 0 Å². The molecule has 0 aliphatic heterocycles. The van der Waals surface area contributed by atoms with E-state index in [1.807, 2.05) is 32.2 Å². The topological polar surface area (TPSA) is 61.0 Å². The van der Waals surface area contributed by atoms with Crippen LogP contribution in [-0.2, 0) is 5.75 Å². The molecule has 100 valence electrons. The van der Waals surface area contributed by atoms with Gasteiger partial charge in [-0.15, -0.1) is 0 Å². The van der Waals surface area contributed by atoms with E-state index in [2.05, 4.69) is 9.97 Å². The molecule has 0 spiro atoms. The molecule has 0 aliphatic rings. The van der Waals surface area contributed by atoms with Crippen molar-refractivity contribution in [3.63, 3.8) is 0 Å². The highest BCUT2D eigenvalue weighted by Gasteiger charge is 2.10. The number of pyridine rings is 2. The molecule has 2 rings (SSSR count). The molecule has 2 aromatic rings. The molecule has 0 radical (unpaired) electrons. The number of anilines is 1. The summed E-state index contributed by atoms with van der Waals surface area (Å²) in [5.41, 5.74) is 9.69. The summed E-state index contributed by atoms with van der Waals surface area (Å²) in [4.78, 5) is 8.72. The Labute approximate surface area is 117 Å². The van der Waals surface area contributed by atoms with Gasteiger partial charge in [-0.05, 0) is 26.0 Å². The maximum absolute atomic E-state index is 5.87. The first-order valence-electron chi connectivity index (χ1n) is 5.96. The largest absolute Gasteiger partial charge is 0.496 e. The Morgan fingerprint density at radius 3 is 2.79 bits per heavy atom. The summed E-state index contributed by atoms with van der Waals surface area (Å²) in [6.45, 7) is 4.02. The van der Waals surface area contributed by atoms with Crippen molar-refractivity contribution in [1.82, 2.24) is 9.97 Å². The first-order chi connectivity index (χ1) is 9.13. The van der Waals surface area contributed by atoms with Crippen molar-refractivity contribution in [3.8, 4) is 5.75 Å². The third-order valence-corrected chi connectivity index (χ3v) is 3.93. The highest BCUT2D eigenvalue weighted by atomic mass is 32.2. The van der Waals surface area contributed by atoms with Crippen LogP contribution in [0.1, 0.15) is 16.8 Å². The second-order valence-electron chi connectivity index (χ2n) is 4.23. The highest BCUT2D eigenvalue weighted by molar-refractivity contribution is 7.98. The van der Waals surface area contributed by atoms with Gasteiger partial charge in [-0.25, -0.2) is 4.98 Å². The summed E-state index contributed by atoms with van der Waals surface area (Å²) < 4.78 is 5.40. The monoisotopic (exact) mass is 275 g/mol. The number of nitrogen functional groups attached to an aromatic ring is 1. The van der Waals surface area contributed by atoms with Gasteiger partial charge in [0.25, 0.3) is 0 Å². The van der Waals surface area contributed by atoms with Gasteiger partial charge < -0.3 is 10.5 Å². The third-order valence-electron chi connectivity index (χ3n) is 2.90. The Morgan fingerprint density at radius 2 is 2.11 bits per heavy atom. The molecule has 0 amide bonds. The van der Waals surface area contributed by atoms with Crippen LogP contribution in [0, 0.1) is 13.8 Å². The van der Waals surface area contributed by atoms with Crippen molar-refractivity contribution in [2.75, 3.05) is 12.8 Å². The van der Waals surface area contributed by atoms with Crippen LogP contribution >= 0.6 is 11.8 Å². The molecule has 0 aliphatic carbocycles. The van der Waals surface area contributed by atoms with Crippen LogP contribution in [0.2, 0.25) is 0 Å². The van der Waals surface area contributed by atoms with Crippen molar-refractivity contribution in [2.24, 2.45) is 0 Å². The Hall–Kier alpha value is -1.75.